The zero-order valence-corrected chi connectivity index (χ0v) is 17.2. The maximum Gasteiger partial charge on any atom is 0.240 e. The summed E-state index contributed by atoms with van der Waals surface area (Å²) >= 11 is 0. The molecule has 2 aliphatic rings. The van der Waals surface area contributed by atoms with Crippen molar-refractivity contribution < 1.29 is 14.3 Å². The van der Waals surface area contributed by atoms with Gasteiger partial charge in [-0.15, -0.1) is 12.4 Å². The Morgan fingerprint density at radius 3 is 2.36 bits per heavy atom. The Kier molecular flexibility index (Phi) is 8.19. The molecule has 0 aromatic heterocycles. The van der Waals surface area contributed by atoms with Crippen molar-refractivity contribution in [1.82, 2.24) is 5.32 Å². The molecule has 25 heavy (non-hydrogen) atoms. The lowest BCUT2D eigenvalue weighted by Gasteiger charge is -2.57. The van der Waals surface area contributed by atoms with Crippen molar-refractivity contribution in [3.8, 4) is 0 Å². The van der Waals surface area contributed by atoms with Gasteiger partial charge in [-0.2, -0.15) is 0 Å². The first-order valence-electron chi connectivity index (χ1n) is 9.58. The molecule has 2 unspecified atom stereocenters. The minimum Gasteiger partial charge on any atom is -0.382 e. The minimum atomic E-state index is -0.827. The summed E-state index contributed by atoms with van der Waals surface area (Å²) < 4.78 is 11.3. The summed E-state index contributed by atoms with van der Waals surface area (Å²) in [6.07, 6.45) is 6.51. The van der Waals surface area contributed by atoms with Crippen LogP contribution < -0.4 is 11.1 Å². The van der Waals surface area contributed by atoms with Gasteiger partial charge in [0.05, 0.1) is 6.10 Å². The maximum absolute atomic E-state index is 12.8. The molecule has 0 spiro atoms. The van der Waals surface area contributed by atoms with E-state index in [1.54, 1.807) is 0 Å². The van der Waals surface area contributed by atoms with Crippen molar-refractivity contribution in [2.75, 3.05) is 26.4 Å². The third-order valence-electron chi connectivity index (χ3n) is 6.50. The molecular formula is C19H37ClN2O3. The van der Waals surface area contributed by atoms with Crippen molar-refractivity contribution in [2.24, 2.45) is 16.6 Å². The average molecular weight is 377 g/mol. The molecule has 0 aliphatic heterocycles. The number of nitrogens with one attached hydrogen (secondary N) is 1. The Morgan fingerprint density at radius 2 is 1.84 bits per heavy atom. The molecule has 2 fully saturated rings. The zero-order chi connectivity index (χ0) is 17.8. The van der Waals surface area contributed by atoms with Crippen LogP contribution in [-0.4, -0.2) is 43.9 Å². The number of nitrogens with two attached hydrogens (primary N) is 1. The fraction of sp³-hybridized carbons (Fsp3) is 0.947. The molecule has 0 bridgehead atoms. The van der Waals surface area contributed by atoms with E-state index in [-0.39, 0.29) is 35.2 Å². The predicted octanol–water partition coefficient (Wildman–Crippen LogP) is 3.04. The van der Waals surface area contributed by atoms with Crippen LogP contribution in [0.25, 0.3) is 0 Å². The summed E-state index contributed by atoms with van der Waals surface area (Å²) in [6.45, 7) is 11.0. The molecule has 2 aliphatic carbocycles. The molecule has 0 radical (unpaired) electrons. The van der Waals surface area contributed by atoms with Crippen LogP contribution in [0.1, 0.15) is 66.2 Å². The van der Waals surface area contributed by atoms with Gasteiger partial charge in [-0.05, 0) is 38.5 Å². The highest BCUT2D eigenvalue weighted by atomic mass is 35.5. The van der Waals surface area contributed by atoms with Gasteiger partial charge in [-0.25, -0.2) is 0 Å². The van der Waals surface area contributed by atoms with Gasteiger partial charge in [0.2, 0.25) is 5.91 Å². The van der Waals surface area contributed by atoms with Crippen LogP contribution in [0, 0.1) is 10.8 Å². The fourth-order valence-electron chi connectivity index (χ4n) is 4.32. The van der Waals surface area contributed by atoms with E-state index in [0.717, 1.165) is 19.6 Å². The predicted molar refractivity (Wildman–Crippen MR) is 103 cm³/mol. The van der Waals surface area contributed by atoms with Crippen molar-refractivity contribution in [1.29, 1.82) is 0 Å². The zero-order valence-electron chi connectivity index (χ0n) is 16.4. The van der Waals surface area contributed by atoms with Gasteiger partial charge in [0, 0.05) is 38.2 Å². The monoisotopic (exact) mass is 376 g/mol. The number of hydrogen-bond donors (Lipinski definition) is 2. The van der Waals surface area contributed by atoms with Crippen LogP contribution in [0.5, 0.6) is 0 Å². The number of ether oxygens (including phenoxy) is 2. The van der Waals surface area contributed by atoms with Crippen molar-refractivity contribution in [3.63, 3.8) is 0 Å². The van der Waals surface area contributed by atoms with Crippen LogP contribution in [-0.2, 0) is 14.3 Å². The van der Waals surface area contributed by atoms with Crippen LogP contribution in [0.4, 0.5) is 0 Å². The van der Waals surface area contributed by atoms with E-state index in [9.17, 15) is 4.79 Å². The highest BCUT2D eigenvalue weighted by Gasteiger charge is 2.62. The molecule has 0 aromatic carbocycles. The second-order valence-electron chi connectivity index (χ2n) is 8.18. The number of carbonyl (C=O) groups excluding carboxylic acids is 1. The first kappa shape index (κ1) is 22.7. The molecule has 6 heteroatoms. The van der Waals surface area contributed by atoms with Crippen LogP contribution in [0.2, 0.25) is 0 Å². The molecule has 0 heterocycles. The maximum atomic E-state index is 12.8. The van der Waals surface area contributed by atoms with Gasteiger partial charge in [0.15, 0.2) is 0 Å². The molecule has 2 atom stereocenters. The largest absolute Gasteiger partial charge is 0.382 e. The van der Waals surface area contributed by atoms with E-state index >= 15 is 0 Å². The summed E-state index contributed by atoms with van der Waals surface area (Å²) in [5, 5.41) is 3.18. The van der Waals surface area contributed by atoms with Gasteiger partial charge >= 0.3 is 0 Å². The Morgan fingerprint density at radius 1 is 1.20 bits per heavy atom. The Hall–Kier alpha value is -0.360. The van der Waals surface area contributed by atoms with Crippen LogP contribution in [0.3, 0.4) is 0 Å². The second-order valence-corrected chi connectivity index (χ2v) is 8.18. The number of halogens is 1. The lowest BCUT2D eigenvalue weighted by atomic mass is 9.54. The van der Waals surface area contributed by atoms with E-state index in [1.165, 1.54) is 25.7 Å². The highest BCUT2D eigenvalue weighted by Crippen LogP contribution is 2.50. The van der Waals surface area contributed by atoms with Crippen molar-refractivity contribution in [3.05, 3.63) is 0 Å². The molecule has 2 rings (SSSR count). The molecular weight excluding hydrogens is 340 g/mol. The summed E-state index contributed by atoms with van der Waals surface area (Å²) in [5.41, 5.74) is 5.51. The summed E-state index contributed by atoms with van der Waals surface area (Å²) in [7, 11) is 0. The first-order valence-corrected chi connectivity index (χ1v) is 9.58. The fourth-order valence-corrected chi connectivity index (χ4v) is 4.32. The van der Waals surface area contributed by atoms with E-state index in [4.69, 9.17) is 15.2 Å². The Bertz CT molecular complexity index is 438. The highest BCUT2D eigenvalue weighted by molar-refractivity contribution is 5.88. The summed E-state index contributed by atoms with van der Waals surface area (Å²) in [4.78, 5) is 12.8. The lowest BCUT2D eigenvalue weighted by molar-refractivity contribution is -0.171. The molecule has 0 aromatic rings. The van der Waals surface area contributed by atoms with E-state index in [2.05, 4.69) is 5.32 Å². The quantitative estimate of drug-likeness (QED) is 0.606. The molecule has 3 N–H and O–H groups in total. The van der Waals surface area contributed by atoms with Gasteiger partial charge in [0.25, 0.3) is 0 Å². The third-order valence-corrected chi connectivity index (χ3v) is 6.50. The molecule has 148 valence electrons. The number of hydrogen-bond acceptors (Lipinski definition) is 4. The van der Waals surface area contributed by atoms with Gasteiger partial charge in [-0.3, -0.25) is 4.79 Å². The SMILES string of the molecule is CCOCCC1(CNC(=O)C2(N)CC(OCC)C2(C)C)CCCC1.Cl. The molecule has 1 amide bonds. The standard InChI is InChI=1S/C19H36N2O3.ClH/c1-5-23-12-11-18(9-7-8-10-18)14-21-16(22)19(20)13-15(24-6-2)17(19,3)4;/h15H,5-14,20H2,1-4H3,(H,21,22);1H. The second kappa shape index (κ2) is 9.03. The van der Waals surface area contributed by atoms with Crippen molar-refractivity contribution >= 4 is 18.3 Å². The third kappa shape index (κ3) is 4.49. The van der Waals surface area contributed by atoms with Crippen LogP contribution >= 0.6 is 12.4 Å². The average Bonchev–Trinajstić information content (AvgIpc) is 3.01. The topological polar surface area (TPSA) is 73.6 Å². The van der Waals surface area contributed by atoms with Gasteiger partial charge in [-0.1, -0.05) is 26.7 Å². The molecule has 5 nitrogen and oxygen atoms in total. The van der Waals surface area contributed by atoms with Gasteiger partial charge in [0.1, 0.15) is 5.54 Å². The number of rotatable bonds is 9. The normalized spacial score (nSPS) is 29.6. The summed E-state index contributed by atoms with van der Waals surface area (Å²) in [5.74, 6) is -0.0221. The van der Waals surface area contributed by atoms with E-state index in [0.29, 0.717) is 19.6 Å². The molecule has 0 saturated heterocycles. The summed E-state index contributed by atoms with van der Waals surface area (Å²) in [6, 6.07) is 0. The lowest BCUT2D eigenvalue weighted by Crippen LogP contribution is -2.76. The minimum absolute atomic E-state index is 0. The van der Waals surface area contributed by atoms with E-state index < -0.39 is 5.54 Å². The first-order chi connectivity index (χ1) is 11.3. The number of carbonyl (C=O) groups is 1. The van der Waals surface area contributed by atoms with Crippen molar-refractivity contribution in [2.45, 2.75) is 77.9 Å². The Balaban J connectivity index is 0.00000312. The Labute approximate surface area is 159 Å². The van der Waals surface area contributed by atoms with Crippen LogP contribution in [0.15, 0.2) is 0 Å². The number of amides is 1. The van der Waals surface area contributed by atoms with Gasteiger partial charge < -0.3 is 20.5 Å². The smallest absolute Gasteiger partial charge is 0.240 e. The van der Waals surface area contributed by atoms with E-state index in [1.807, 2.05) is 27.7 Å². The molecule has 2 saturated carbocycles.